The Morgan fingerprint density at radius 2 is 1.73 bits per heavy atom. The van der Waals surface area contributed by atoms with Gasteiger partial charge in [-0.1, -0.05) is 38.1 Å². The summed E-state index contributed by atoms with van der Waals surface area (Å²) < 4.78 is 2.14. The van der Waals surface area contributed by atoms with E-state index in [1.165, 1.54) is 16.8 Å². The maximum atomic E-state index is 4.45. The third-order valence-corrected chi connectivity index (χ3v) is 4.87. The second kappa shape index (κ2) is 10.0. The van der Waals surface area contributed by atoms with Gasteiger partial charge in [-0.15, -0.1) is 0 Å². The third kappa shape index (κ3) is 5.36. The topological polar surface area (TPSA) is 35.8 Å². The molecule has 0 radical (unpaired) electrons. The van der Waals surface area contributed by atoms with Crippen molar-refractivity contribution in [3.8, 4) is 0 Å². The first kappa shape index (κ1) is 20.0. The van der Waals surface area contributed by atoms with Crippen molar-refractivity contribution >= 4 is 5.96 Å². The predicted octanol–water partition coefficient (Wildman–Crippen LogP) is 3.07. The van der Waals surface area contributed by atoms with Gasteiger partial charge in [-0.2, -0.15) is 0 Å². The third-order valence-electron chi connectivity index (χ3n) is 4.87. The molecule has 0 saturated carbocycles. The Morgan fingerprint density at radius 1 is 1.04 bits per heavy atom. The van der Waals surface area contributed by atoms with E-state index in [9.17, 15) is 0 Å². The van der Waals surface area contributed by atoms with Crippen molar-refractivity contribution in [2.24, 2.45) is 12.0 Å². The van der Waals surface area contributed by atoms with Gasteiger partial charge in [-0.25, -0.2) is 0 Å². The molecule has 1 heterocycles. The molecule has 0 fully saturated rings. The molecule has 0 atom stereocenters. The summed E-state index contributed by atoms with van der Waals surface area (Å²) in [5.74, 6) is 0.906. The number of benzene rings is 1. The Balaban J connectivity index is 2.01. The normalized spacial score (nSPS) is 11.8. The maximum Gasteiger partial charge on any atom is 0.194 e. The number of aliphatic imine (C=N–C) groups is 1. The molecule has 1 aromatic heterocycles. The van der Waals surface area contributed by atoms with E-state index in [1.54, 1.807) is 0 Å². The number of rotatable bonds is 8. The van der Waals surface area contributed by atoms with E-state index in [0.717, 1.165) is 38.7 Å². The predicted molar refractivity (Wildman–Crippen MR) is 110 cm³/mol. The molecular formula is C21H33N5. The van der Waals surface area contributed by atoms with Gasteiger partial charge >= 0.3 is 0 Å². The van der Waals surface area contributed by atoms with Crippen LogP contribution in [-0.4, -0.2) is 47.5 Å². The first-order valence-corrected chi connectivity index (χ1v) is 9.40. The molecule has 5 nitrogen and oxygen atoms in total. The minimum atomic E-state index is 0.779. The first-order valence-electron chi connectivity index (χ1n) is 9.40. The molecule has 0 spiro atoms. The van der Waals surface area contributed by atoms with Crippen LogP contribution in [0.5, 0.6) is 0 Å². The van der Waals surface area contributed by atoms with Crippen LogP contribution in [0.25, 0.3) is 0 Å². The number of aromatic nitrogens is 1. The molecule has 1 N–H and O–H groups in total. The Hall–Kier alpha value is -2.27. The van der Waals surface area contributed by atoms with Crippen molar-refractivity contribution in [3.63, 3.8) is 0 Å². The number of hydrogen-bond donors (Lipinski definition) is 1. The van der Waals surface area contributed by atoms with Crippen molar-refractivity contribution in [1.29, 1.82) is 0 Å². The van der Waals surface area contributed by atoms with Gasteiger partial charge in [0.05, 0.1) is 6.54 Å². The summed E-state index contributed by atoms with van der Waals surface area (Å²) in [6.45, 7) is 9.16. The lowest BCUT2D eigenvalue weighted by Gasteiger charge is -2.24. The minimum absolute atomic E-state index is 0.779. The van der Waals surface area contributed by atoms with Gasteiger partial charge in [0.1, 0.15) is 0 Å². The summed E-state index contributed by atoms with van der Waals surface area (Å²) in [5.41, 5.74) is 3.97. The van der Waals surface area contributed by atoms with E-state index in [-0.39, 0.29) is 0 Å². The maximum absolute atomic E-state index is 4.45. The Kier molecular flexibility index (Phi) is 7.73. The van der Waals surface area contributed by atoms with Gasteiger partial charge in [0.2, 0.25) is 0 Å². The van der Waals surface area contributed by atoms with Gasteiger partial charge in [-0.05, 0) is 36.3 Å². The van der Waals surface area contributed by atoms with Gasteiger partial charge in [0, 0.05) is 46.1 Å². The quantitative estimate of drug-likeness (QED) is 0.584. The number of nitrogens with one attached hydrogen (secondary N) is 1. The fourth-order valence-corrected chi connectivity index (χ4v) is 3.11. The van der Waals surface area contributed by atoms with E-state index in [0.29, 0.717) is 0 Å². The SMILES string of the molecule is CCN(CC)Cc1ccccc1CNC(=NC)N(C)Cc1cccn1C. The minimum Gasteiger partial charge on any atom is -0.353 e. The highest BCUT2D eigenvalue weighted by Crippen LogP contribution is 2.12. The summed E-state index contributed by atoms with van der Waals surface area (Å²) in [6.07, 6.45) is 2.07. The molecule has 1 aromatic carbocycles. The summed E-state index contributed by atoms with van der Waals surface area (Å²) in [7, 11) is 5.98. The number of guanidine groups is 1. The van der Waals surface area contributed by atoms with Gasteiger partial charge < -0.3 is 14.8 Å². The zero-order valence-electron chi connectivity index (χ0n) is 16.9. The Morgan fingerprint density at radius 3 is 2.31 bits per heavy atom. The van der Waals surface area contributed by atoms with Gasteiger partial charge in [0.25, 0.3) is 0 Å². The van der Waals surface area contributed by atoms with E-state index in [1.807, 2.05) is 7.05 Å². The van der Waals surface area contributed by atoms with E-state index in [2.05, 4.69) is 95.2 Å². The van der Waals surface area contributed by atoms with Crippen molar-refractivity contribution in [1.82, 2.24) is 19.7 Å². The number of aryl methyl sites for hydroxylation is 1. The lowest BCUT2D eigenvalue weighted by atomic mass is 10.1. The summed E-state index contributed by atoms with van der Waals surface area (Å²) in [5, 5.41) is 3.52. The molecule has 0 saturated heterocycles. The van der Waals surface area contributed by atoms with E-state index >= 15 is 0 Å². The molecule has 0 aliphatic rings. The molecule has 5 heteroatoms. The van der Waals surface area contributed by atoms with Crippen molar-refractivity contribution in [3.05, 3.63) is 59.4 Å². The second-order valence-electron chi connectivity index (χ2n) is 6.60. The van der Waals surface area contributed by atoms with E-state index in [4.69, 9.17) is 0 Å². The van der Waals surface area contributed by atoms with Gasteiger partial charge in [0.15, 0.2) is 5.96 Å². The Bertz CT molecular complexity index is 700. The zero-order chi connectivity index (χ0) is 18.9. The summed E-state index contributed by atoms with van der Waals surface area (Å²) in [6, 6.07) is 12.9. The number of nitrogens with zero attached hydrogens (tertiary/aromatic N) is 4. The van der Waals surface area contributed by atoms with Gasteiger partial charge in [-0.3, -0.25) is 9.89 Å². The van der Waals surface area contributed by atoms with Crippen LogP contribution in [-0.2, 0) is 26.7 Å². The summed E-state index contributed by atoms with van der Waals surface area (Å²) in [4.78, 5) is 9.04. The molecule has 0 amide bonds. The Labute approximate surface area is 158 Å². The van der Waals surface area contributed by atoms with Crippen LogP contribution in [0.3, 0.4) is 0 Å². The fraction of sp³-hybridized carbons (Fsp3) is 0.476. The van der Waals surface area contributed by atoms with Crippen LogP contribution in [0.15, 0.2) is 47.6 Å². The molecule has 142 valence electrons. The first-order chi connectivity index (χ1) is 12.6. The van der Waals surface area contributed by atoms with Crippen LogP contribution < -0.4 is 5.32 Å². The molecule has 0 bridgehead atoms. The average Bonchev–Trinajstić information content (AvgIpc) is 3.05. The van der Waals surface area contributed by atoms with Crippen LogP contribution in [0, 0.1) is 0 Å². The smallest absolute Gasteiger partial charge is 0.194 e. The second-order valence-corrected chi connectivity index (χ2v) is 6.60. The molecule has 2 aromatic rings. The highest BCUT2D eigenvalue weighted by Gasteiger charge is 2.10. The van der Waals surface area contributed by atoms with Crippen LogP contribution in [0.4, 0.5) is 0 Å². The lowest BCUT2D eigenvalue weighted by Crippen LogP contribution is -2.38. The fourth-order valence-electron chi connectivity index (χ4n) is 3.11. The highest BCUT2D eigenvalue weighted by atomic mass is 15.3. The highest BCUT2D eigenvalue weighted by molar-refractivity contribution is 5.79. The molecule has 26 heavy (non-hydrogen) atoms. The largest absolute Gasteiger partial charge is 0.353 e. The molecular weight excluding hydrogens is 322 g/mol. The number of hydrogen-bond acceptors (Lipinski definition) is 2. The van der Waals surface area contributed by atoms with Crippen molar-refractivity contribution < 1.29 is 0 Å². The standard InChI is InChI=1S/C21H33N5/c1-6-26(7-2)16-19-12-9-8-11-18(19)15-23-21(22-3)25(5)17-20-13-10-14-24(20)4/h8-14H,6-7,15-17H2,1-5H3,(H,22,23). The van der Waals surface area contributed by atoms with Crippen LogP contribution >= 0.6 is 0 Å². The van der Waals surface area contributed by atoms with Crippen molar-refractivity contribution in [2.75, 3.05) is 27.2 Å². The average molecular weight is 356 g/mol. The summed E-state index contributed by atoms with van der Waals surface area (Å²) >= 11 is 0. The van der Waals surface area contributed by atoms with E-state index < -0.39 is 0 Å². The van der Waals surface area contributed by atoms with Crippen LogP contribution in [0.2, 0.25) is 0 Å². The lowest BCUT2D eigenvalue weighted by molar-refractivity contribution is 0.295. The van der Waals surface area contributed by atoms with Crippen LogP contribution in [0.1, 0.15) is 30.7 Å². The molecule has 0 unspecified atom stereocenters. The molecule has 2 rings (SSSR count). The zero-order valence-corrected chi connectivity index (χ0v) is 16.9. The monoisotopic (exact) mass is 355 g/mol. The molecule has 0 aliphatic heterocycles. The molecule has 0 aliphatic carbocycles. The van der Waals surface area contributed by atoms with Crippen molar-refractivity contribution in [2.45, 2.75) is 33.5 Å².